The van der Waals surface area contributed by atoms with E-state index in [1.165, 1.54) is 17.0 Å². The fraction of sp³-hybridized carbons (Fsp3) is 0.500. The molecule has 2 aliphatic rings. The summed E-state index contributed by atoms with van der Waals surface area (Å²) in [5, 5.41) is 2.34. The van der Waals surface area contributed by atoms with E-state index in [2.05, 4.69) is 17.5 Å². The fourth-order valence-electron chi connectivity index (χ4n) is 3.02. The SMILES string of the molecule is N=S1(=O)CCN(c2ccc(N3C[C@H](CNC(=S)C(F)F)OC3=O)cc2F)CC1. The molecule has 1 atom stereocenters. The number of hydrogen-bond donors (Lipinski definition) is 2. The number of amides is 1. The second-order valence-corrected chi connectivity index (χ2v) is 9.39. The maximum Gasteiger partial charge on any atom is 0.414 e. The molecule has 0 saturated carbocycles. The lowest BCUT2D eigenvalue weighted by molar-refractivity contribution is 0.142. The van der Waals surface area contributed by atoms with Crippen LogP contribution < -0.4 is 15.1 Å². The van der Waals surface area contributed by atoms with Gasteiger partial charge in [0.25, 0.3) is 6.43 Å². The molecule has 7 nitrogen and oxygen atoms in total. The Bertz CT molecular complexity index is 868. The van der Waals surface area contributed by atoms with Gasteiger partial charge in [0.2, 0.25) is 0 Å². The van der Waals surface area contributed by atoms with E-state index in [0.29, 0.717) is 18.8 Å². The van der Waals surface area contributed by atoms with E-state index in [1.54, 1.807) is 11.0 Å². The monoisotopic (exact) mass is 436 g/mol. The average Bonchev–Trinajstić information content (AvgIpc) is 3.00. The zero-order valence-electron chi connectivity index (χ0n) is 14.7. The van der Waals surface area contributed by atoms with Crippen molar-refractivity contribution in [1.82, 2.24) is 5.32 Å². The van der Waals surface area contributed by atoms with Gasteiger partial charge in [0.1, 0.15) is 16.9 Å². The number of carbonyl (C=O) groups is 1. The van der Waals surface area contributed by atoms with Gasteiger partial charge in [-0.05, 0) is 18.2 Å². The molecule has 2 N–H and O–H groups in total. The van der Waals surface area contributed by atoms with Gasteiger partial charge >= 0.3 is 6.09 Å². The number of hydrogen-bond acceptors (Lipinski definition) is 6. The summed E-state index contributed by atoms with van der Waals surface area (Å²) in [6.07, 6.45) is -4.18. The molecule has 0 aromatic heterocycles. The van der Waals surface area contributed by atoms with Gasteiger partial charge in [-0.3, -0.25) is 9.68 Å². The number of rotatable bonds is 5. The van der Waals surface area contributed by atoms with E-state index in [0.717, 1.165) is 0 Å². The van der Waals surface area contributed by atoms with Gasteiger partial charge < -0.3 is 15.0 Å². The largest absolute Gasteiger partial charge is 0.442 e. The number of benzene rings is 1. The van der Waals surface area contributed by atoms with Crippen LogP contribution in [0.25, 0.3) is 0 Å². The molecular formula is C16H19F3N4O3S2. The molecule has 1 amide bonds. The zero-order chi connectivity index (χ0) is 20.5. The Morgan fingerprint density at radius 2 is 2.07 bits per heavy atom. The molecule has 2 saturated heterocycles. The van der Waals surface area contributed by atoms with Crippen LogP contribution in [0, 0.1) is 10.6 Å². The van der Waals surface area contributed by atoms with Crippen LogP contribution in [0.1, 0.15) is 0 Å². The van der Waals surface area contributed by atoms with Gasteiger partial charge in [0, 0.05) is 34.3 Å². The summed E-state index contributed by atoms with van der Waals surface area (Å²) in [5.41, 5.74) is 0.596. The van der Waals surface area contributed by atoms with E-state index in [1.807, 2.05) is 0 Å². The normalized spacial score (nSPS) is 21.7. The second kappa shape index (κ2) is 8.11. The van der Waals surface area contributed by atoms with Gasteiger partial charge in [-0.25, -0.2) is 22.2 Å². The molecule has 0 unspecified atom stereocenters. The predicted molar refractivity (Wildman–Crippen MR) is 103 cm³/mol. The van der Waals surface area contributed by atoms with Gasteiger partial charge in [-0.15, -0.1) is 0 Å². The standard InChI is InChI=1S/C16H19F3N4O3S2/c17-12-7-10(1-2-13(12)22-3-5-28(20,25)6-4-22)23-9-11(26-16(23)24)8-21-15(27)14(18)19/h1-2,7,11,14,20H,3-6,8-9H2,(H,21,27)/t11-/m0/s1. The summed E-state index contributed by atoms with van der Waals surface area (Å²) in [5.74, 6) is -0.187. The van der Waals surface area contributed by atoms with Crippen molar-refractivity contribution < 1.29 is 26.9 Å². The topological polar surface area (TPSA) is 85.7 Å². The minimum absolute atomic E-state index is 0.0633. The molecule has 0 radical (unpaired) electrons. The van der Waals surface area contributed by atoms with Gasteiger partial charge in [-0.2, -0.15) is 0 Å². The van der Waals surface area contributed by atoms with Crippen molar-refractivity contribution in [3.63, 3.8) is 0 Å². The lowest BCUT2D eigenvalue weighted by Gasteiger charge is -2.30. The van der Waals surface area contributed by atoms with Crippen LogP contribution in [0.2, 0.25) is 0 Å². The lowest BCUT2D eigenvalue weighted by Crippen LogP contribution is -2.40. The number of carbonyl (C=O) groups excluding carboxylic acids is 1. The Balaban J connectivity index is 1.65. The molecule has 28 heavy (non-hydrogen) atoms. The minimum Gasteiger partial charge on any atom is -0.442 e. The maximum absolute atomic E-state index is 14.6. The molecule has 0 spiro atoms. The number of nitrogens with one attached hydrogen (secondary N) is 2. The van der Waals surface area contributed by atoms with Crippen molar-refractivity contribution in [3.8, 4) is 0 Å². The summed E-state index contributed by atoms with van der Waals surface area (Å²) in [6.45, 7) is 0.650. The third kappa shape index (κ3) is 4.66. The third-order valence-electron chi connectivity index (χ3n) is 4.54. The Kier molecular flexibility index (Phi) is 5.98. The number of alkyl halides is 2. The van der Waals surface area contributed by atoms with Crippen LogP contribution in [0.4, 0.5) is 29.3 Å². The highest BCUT2D eigenvalue weighted by Gasteiger charge is 2.33. The fourth-order valence-corrected chi connectivity index (χ4v) is 4.34. The van der Waals surface area contributed by atoms with Gasteiger partial charge in [-0.1, -0.05) is 12.2 Å². The van der Waals surface area contributed by atoms with E-state index < -0.39 is 39.2 Å². The summed E-state index contributed by atoms with van der Waals surface area (Å²) in [6, 6.07) is 4.28. The Morgan fingerprint density at radius 1 is 1.39 bits per heavy atom. The van der Waals surface area contributed by atoms with Crippen molar-refractivity contribution >= 4 is 44.4 Å². The van der Waals surface area contributed by atoms with E-state index in [4.69, 9.17) is 9.52 Å². The van der Waals surface area contributed by atoms with Crippen LogP contribution in [0.15, 0.2) is 18.2 Å². The summed E-state index contributed by atoms with van der Waals surface area (Å²) >= 11 is 4.47. The molecule has 2 aliphatic heterocycles. The summed E-state index contributed by atoms with van der Waals surface area (Å²) < 4.78 is 63.8. The number of thiocarbonyl (C=S) groups is 1. The highest BCUT2D eigenvalue weighted by Crippen LogP contribution is 2.28. The molecule has 2 heterocycles. The second-order valence-electron chi connectivity index (χ2n) is 6.51. The van der Waals surface area contributed by atoms with Crippen molar-refractivity contribution in [2.45, 2.75) is 12.5 Å². The molecule has 12 heteroatoms. The Hall–Kier alpha value is -2.08. The van der Waals surface area contributed by atoms with E-state index >= 15 is 0 Å². The summed E-state index contributed by atoms with van der Waals surface area (Å²) in [7, 11) is -2.58. The quantitative estimate of drug-likeness (QED) is 0.689. The molecule has 2 fully saturated rings. The molecule has 154 valence electrons. The van der Waals surface area contributed by atoms with E-state index in [9.17, 15) is 22.2 Å². The number of cyclic esters (lactones) is 1. The van der Waals surface area contributed by atoms with Crippen molar-refractivity contribution in [2.24, 2.45) is 0 Å². The molecular weight excluding hydrogens is 417 g/mol. The molecule has 1 aromatic rings. The van der Waals surface area contributed by atoms with Crippen molar-refractivity contribution in [3.05, 3.63) is 24.0 Å². The number of anilines is 2. The van der Waals surface area contributed by atoms with Crippen LogP contribution >= 0.6 is 12.2 Å². The van der Waals surface area contributed by atoms with Crippen LogP contribution in [0.3, 0.4) is 0 Å². The smallest absolute Gasteiger partial charge is 0.414 e. The zero-order valence-corrected chi connectivity index (χ0v) is 16.3. The molecule has 3 rings (SSSR count). The first-order chi connectivity index (χ1) is 13.2. The lowest BCUT2D eigenvalue weighted by atomic mass is 10.2. The highest BCUT2D eigenvalue weighted by molar-refractivity contribution is 7.92. The third-order valence-corrected chi connectivity index (χ3v) is 6.55. The minimum atomic E-state index is -2.79. The van der Waals surface area contributed by atoms with Crippen LogP contribution in [0.5, 0.6) is 0 Å². The first kappa shape index (κ1) is 20.6. The highest BCUT2D eigenvalue weighted by atomic mass is 32.2. The first-order valence-electron chi connectivity index (χ1n) is 8.49. The number of ether oxygens (including phenoxy) is 1. The Morgan fingerprint density at radius 3 is 2.68 bits per heavy atom. The summed E-state index contributed by atoms with van der Waals surface area (Å²) in [4.78, 5) is 14.4. The van der Waals surface area contributed by atoms with Crippen molar-refractivity contribution in [2.75, 3.05) is 47.5 Å². The maximum atomic E-state index is 14.6. The number of nitrogens with zero attached hydrogens (tertiary/aromatic N) is 2. The Labute approximate surface area is 165 Å². The number of halogens is 3. The van der Waals surface area contributed by atoms with Crippen LogP contribution in [-0.2, 0) is 14.5 Å². The van der Waals surface area contributed by atoms with Gasteiger partial charge in [0.05, 0.1) is 24.5 Å². The molecule has 0 aliphatic carbocycles. The first-order valence-corrected chi connectivity index (χ1v) is 10.8. The predicted octanol–water partition coefficient (Wildman–Crippen LogP) is 2.20. The van der Waals surface area contributed by atoms with Crippen LogP contribution in [-0.4, -0.2) is 65.5 Å². The average molecular weight is 436 g/mol. The van der Waals surface area contributed by atoms with E-state index in [-0.39, 0.29) is 30.3 Å². The van der Waals surface area contributed by atoms with Gasteiger partial charge in [0.15, 0.2) is 0 Å². The molecule has 1 aromatic carbocycles. The van der Waals surface area contributed by atoms with Crippen molar-refractivity contribution in [1.29, 1.82) is 4.78 Å². The molecule has 0 bridgehead atoms.